The highest BCUT2D eigenvalue weighted by Crippen LogP contribution is 2.18. The van der Waals surface area contributed by atoms with Gasteiger partial charge in [0.25, 0.3) is 21.2 Å². The highest BCUT2D eigenvalue weighted by Gasteiger charge is 2.36. The second-order valence-corrected chi connectivity index (χ2v) is 9.23. The van der Waals surface area contributed by atoms with Crippen molar-refractivity contribution < 1.29 is 25.9 Å². The Morgan fingerprint density at radius 1 is 0.867 bits per heavy atom. The monoisotopic (exact) mass is 323 g/mol. The zero-order valence-corrected chi connectivity index (χ0v) is 12.0. The highest BCUT2D eigenvalue weighted by atomic mass is 127. The summed E-state index contributed by atoms with van der Waals surface area (Å²) in [6, 6.07) is 0. The molecule has 0 bridgehead atoms. The van der Waals surface area contributed by atoms with E-state index in [0.717, 1.165) is 7.85 Å². The number of hydrogen-bond donors (Lipinski definition) is 0. The second-order valence-electron chi connectivity index (χ2n) is 4.98. The summed E-state index contributed by atoms with van der Waals surface area (Å²) >= 11 is 0.469. The molecule has 2 fully saturated rings. The van der Waals surface area contributed by atoms with Crippen molar-refractivity contribution >= 4 is 0 Å². The van der Waals surface area contributed by atoms with Crippen molar-refractivity contribution in [3.05, 3.63) is 0 Å². The van der Waals surface area contributed by atoms with Gasteiger partial charge in [0.05, 0.1) is 6.10 Å². The maximum atomic E-state index is 5.53. The third kappa shape index (κ3) is 3.88. The normalized spacial score (nSPS) is 34.2. The molecule has 0 heterocycles. The summed E-state index contributed by atoms with van der Waals surface area (Å²) in [5, 5.41) is 0. The van der Waals surface area contributed by atoms with E-state index < -0.39 is 0 Å². The minimum absolute atomic E-state index is 0.469. The number of halogens is 1. The molecule has 2 heteroatoms. The van der Waals surface area contributed by atoms with Crippen LogP contribution < -0.4 is 21.2 Å². The van der Waals surface area contributed by atoms with E-state index in [-0.39, 0.29) is 0 Å². The molecule has 0 aromatic rings. The lowest BCUT2D eigenvalue weighted by molar-refractivity contribution is -0.726. The van der Waals surface area contributed by atoms with Crippen LogP contribution in [0, 0.1) is 0 Å². The van der Waals surface area contributed by atoms with Gasteiger partial charge in [-0.05, 0) is 44.9 Å². The highest BCUT2D eigenvalue weighted by molar-refractivity contribution is 4.73. The third-order valence-electron chi connectivity index (χ3n) is 3.79. The predicted molar refractivity (Wildman–Crippen MR) is 59.9 cm³/mol. The zero-order valence-electron chi connectivity index (χ0n) is 9.88. The Morgan fingerprint density at radius 3 is 2.33 bits per heavy atom. The van der Waals surface area contributed by atoms with Crippen LogP contribution in [0.4, 0.5) is 0 Å². The first-order chi connectivity index (χ1) is 7.38. The Hall–Kier alpha value is 0.690. The van der Waals surface area contributed by atoms with Crippen LogP contribution in [0.1, 0.15) is 57.8 Å². The predicted octanol–water partition coefficient (Wildman–Crippen LogP) is 0.366. The second kappa shape index (κ2) is 6.43. The molecule has 2 rings (SSSR count). The van der Waals surface area contributed by atoms with E-state index in [1.165, 1.54) is 44.9 Å². The number of ether oxygens (including phenoxy) is 1. The number of hydrogen-bond acceptors (Lipinski definition) is 1. The fraction of sp³-hybridized carbons (Fsp3) is 1.00. The van der Waals surface area contributed by atoms with Crippen LogP contribution in [0.15, 0.2) is 0 Å². The van der Waals surface area contributed by atoms with E-state index in [0.29, 0.717) is 27.3 Å². The van der Waals surface area contributed by atoms with Crippen molar-refractivity contribution in [1.29, 1.82) is 0 Å². The van der Waals surface area contributed by atoms with E-state index in [1.54, 1.807) is 12.8 Å². The average Bonchev–Trinajstić information content (AvgIpc) is 2.31. The van der Waals surface area contributed by atoms with Crippen molar-refractivity contribution in [2.24, 2.45) is 0 Å². The van der Waals surface area contributed by atoms with Crippen molar-refractivity contribution in [3.63, 3.8) is 0 Å². The summed E-state index contributed by atoms with van der Waals surface area (Å²) in [4.78, 5) is 0. The number of rotatable bonds is 3. The fourth-order valence-corrected chi connectivity index (χ4v) is 7.55. The van der Waals surface area contributed by atoms with Crippen LogP contribution >= 0.6 is 0 Å². The molecule has 2 aliphatic carbocycles. The third-order valence-corrected chi connectivity index (χ3v) is 8.20. The van der Waals surface area contributed by atoms with Gasteiger partial charge in [0.1, 0.15) is 0 Å². The lowest BCUT2D eigenvalue weighted by atomic mass is 9.98. The molecule has 0 amide bonds. The minimum Gasteiger partial charge on any atom is -0.381 e. The smallest absolute Gasteiger partial charge is 0.275 e. The Labute approximate surface area is 105 Å². The summed E-state index contributed by atoms with van der Waals surface area (Å²) < 4.78 is 7.78. The molecule has 0 spiro atoms. The molecule has 2 saturated carbocycles. The zero-order chi connectivity index (χ0) is 10.5. The van der Waals surface area contributed by atoms with E-state index in [1.807, 2.05) is 7.11 Å². The van der Waals surface area contributed by atoms with Gasteiger partial charge >= 0.3 is 0 Å². The largest absolute Gasteiger partial charge is 0.381 e. The molecule has 0 aromatic heterocycles. The van der Waals surface area contributed by atoms with E-state index in [4.69, 9.17) is 4.74 Å². The quantitative estimate of drug-likeness (QED) is 0.539. The molecule has 0 aliphatic heterocycles. The van der Waals surface area contributed by atoms with Crippen LogP contribution in [0.25, 0.3) is 0 Å². The van der Waals surface area contributed by atoms with Gasteiger partial charge < -0.3 is 4.74 Å². The van der Waals surface area contributed by atoms with Gasteiger partial charge in [-0.1, -0.05) is 6.42 Å². The molecular weight excluding hydrogens is 299 g/mol. The first-order valence-electron chi connectivity index (χ1n) is 6.53. The van der Waals surface area contributed by atoms with Gasteiger partial charge in [-0.25, -0.2) is 0 Å². The topological polar surface area (TPSA) is 9.23 Å². The van der Waals surface area contributed by atoms with E-state index in [9.17, 15) is 0 Å². The van der Waals surface area contributed by atoms with Gasteiger partial charge in [-0.3, -0.25) is 0 Å². The van der Waals surface area contributed by atoms with Crippen molar-refractivity contribution in [3.8, 4) is 0 Å². The van der Waals surface area contributed by atoms with Crippen molar-refractivity contribution in [2.75, 3.05) is 7.11 Å². The summed E-state index contributed by atoms with van der Waals surface area (Å²) in [7, 11) is 1.89. The molecule has 0 radical (unpaired) electrons. The summed E-state index contributed by atoms with van der Waals surface area (Å²) in [6.45, 7) is 0. The Bertz CT molecular complexity index is 177. The molecule has 2 atom stereocenters. The molecule has 1 nitrogen and oxygen atoms in total. The van der Waals surface area contributed by atoms with Gasteiger partial charge in [0, 0.05) is 13.5 Å². The van der Waals surface area contributed by atoms with Crippen LogP contribution in [-0.2, 0) is 4.74 Å². The fourth-order valence-electron chi connectivity index (χ4n) is 2.85. The molecule has 2 unspecified atom stereocenters. The Kier molecular flexibility index (Phi) is 5.21. The minimum atomic E-state index is 0.469. The van der Waals surface area contributed by atoms with Crippen LogP contribution in [-0.4, -0.2) is 21.1 Å². The lowest BCUT2D eigenvalue weighted by Gasteiger charge is -2.23. The number of methoxy groups -OCH3 is 1. The van der Waals surface area contributed by atoms with E-state index >= 15 is 0 Å². The Balaban J connectivity index is 1.72. The van der Waals surface area contributed by atoms with Gasteiger partial charge in [0.2, 0.25) is 0 Å². The Morgan fingerprint density at radius 2 is 1.60 bits per heavy atom. The standard InChI is InChI=1S/C13H24IO/c1-15-13-9-5-8-12(10-13)14-11-6-3-2-4-7-11/h11-13H,2-10H2,1H3/q+1. The maximum absolute atomic E-state index is 5.53. The SMILES string of the molecule is COC1CCCC([I+]C2CCCCC2)C1. The van der Waals surface area contributed by atoms with Crippen molar-refractivity contribution in [1.82, 2.24) is 0 Å². The van der Waals surface area contributed by atoms with Crippen LogP contribution in [0.5, 0.6) is 0 Å². The van der Waals surface area contributed by atoms with Crippen molar-refractivity contribution in [2.45, 2.75) is 71.7 Å². The maximum Gasteiger partial charge on any atom is 0.275 e. The first-order valence-corrected chi connectivity index (χ1v) is 9.02. The molecular formula is C13H24IO+. The summed E-state index contributed by atoms with van der Waals surface area (Å²) in [5.41, 5.74) is 0. The van der Waals surface area contributed by atoms with Gasteiger partial charge in [0.15, 0.2) is 7.85 Å². The summed E-state index contributed by atoms with van der Waals surface area (Å²) in [5.74, 6) is 0. The van der Waals surface area contributed by atoms with Crippen LogP contribution in [0.3, 0.4) is 0 Å². The van der Waals surface area contributed by atoms with E-state index in [2.05, 4.69) is 0 Å². The van der Waals surface area contributed by atoms with Gasteiger partial charge in [-0.15, -0.1) is 0 Å². The van der Waals surface area contributed by atoms with Crippen LogP contribution in [0.2, 0.25) is 0 Å². The molecule has 0 aromatic carbocycles. The lowest BCUT2D eigenvalue weighted by Crippen LogP contribution is -3.68. The molecule has 2 aliphatic rings. The number of alkyl halides is 2. The molecule has 88 valence electrons. The molecule has 15 heavy (non-hydrogen) atoms. The summed E-state index contributed by atoms with van der Waals surface area (Å²) in [6.07, 6.45) is 13.9. The molecule has 0 N–H and O–H groups in total. The average molecular weight is 323 g/mol. The van der Waals surface area contributed by atoms with Gasteiger partial charge in [-0.2, -0.15) is 0 Å². The first kappa shape index (κ1) is 12.2. The molecule has 0 saturated heterocycles.